The van der Waals surface area contributed by atoms with Crippen molar-refractivity contribution in [1.29, 1.82) is 0 Å². The summed E-state index contributed by atoms with van der Waals surface area (Å²) in [5, 5.41) is 21.8. The summed E-state index contributed by atoms with van der Waals surface area (Å²) in [4.78, 5) is 22.9. The van der Waals surface area contributed by atoms with Gasteiger partial charge in [-0.05, 0) is 19.4 Å². The molecule has 1 aromatic carbocycles. The van der Waals surface area contributed by atoms with Crippen molar-refractivity contribution in [2.45, 2.75) is 50.1 Å². The minimum Gasteiger partial charge on any atom is -0.319 e. The molecule has 1 amide bonds. The summed E-state index contributed by atoms with van der Waals surface area (Å²) in [7, 11) is 0. The van der Waals surface area contributed by atoms with Gasteiger partial charge < -0.3 is 9.88 Å². The molecule has 134 valence electrons. The van der Waals surface area contributed by atoms with Gasteiger partial charge in [0.05, 0.1) is 10.2 Å². The zero-order valence-electron chi connectivity index (χ0n) is 14.2. The Morgan fingerprint density at radius 3 is 2.88 bits per heavy atom. The lowest BCUT2D eigenvalue weighted by Crippen LogP contribution is -2.23. The van der Waals surface area contributed by atoms with Crippen LogP contribution in [0.5, 0.6) is 0 Å². The van der Waals surface area contributed by atoms with Crippen LogP contribution >= 0.6 is 11.8 Å². The number of thioether (sulfide) groups is 1. The molecule has 0 saturated carbocycles. The Labute approximate surface area is 150 Å². The number of carbonyl (C=O) groups is 1. The van der Waals surface area contributed by atoms with Gasteiger partial charge in [-0.25, -0.2) is 0 Å². The van der Waals surface area contributed by atoms with Crippen molar-refractivity contribution in [3.63, 3.8) is 0 Å². The van der Waals surface area contributed by atoms with Crippen LogP contribution in [0, 0.1) is 10.1 Å². The second kappa shape index (κ2) is 9.16. The number of aryl methyl sites for hydroxylation is 1. The van der Waals surface area contributed by atoms with E-state index in [2.05, 4.69) is 22.4 Å². The smallest absolute Gasteiger partial charge is 0.292 e. The van der Waals surface area contributed by atoms with E-state index >= 15 is 0 Å². The van der Waals surface area contributed by atoms with E-state index in [0.717, 1.165) is 25.8 Å². The lowest BCUT2D eigenvalue weighted by molar-refractivity contribution is -0.383. The number of aromatic nitrogens is 3. The molecular formula is C16H21N5O3S. The third-order valence-electron chi connectivity index (χ3n) is 3.59. The molecule has 0 unspecified atom stereocenters. The third-order valence-corrected chi connectivity index (χ3v) is 4.69. The molecule has 0 bridgehead atoms. The van der Waals surface area contributed by atoms with Crippen molar-refractivity contribution < 1.29 is 9.72 Å². The van der Waals surface area contributed by atoms with Gasteiger partial charge in [-0.3, -0.25) is 14.9 Å². The van der Waals surface area contributed by atoms with Gasteiger partial charge in [0, 0.05) is 12.6 Å². The molecule has 25 heavy (non-hydrogen) atoms. The molecule has 2 aromatic rings. The second-order valence-electron chi connectivity index (χ2n) is 5.54. The highest BCUT2D eigenvalue weighted by Crippen LogP contribution is 2.26. The zero-order chi connectivity index (χ0) is 18.2. The minimum absolute atomic E-state index is 0.129. The number of nitro groups is 1. The van der Waals surface area contributed by atoms with Gasteiger partial charge in [-0.15, -0.1) is 10.2 Å². The van der Waals surface area contributed by atoms with E-state index in [9.17, 15) is 14.9 Å². The lowest BCUT2D eigenvalue weighted by Gasteiger charge is -2.12. The molecule has 0 saturated heterocycles. The molecule has 0 aliphatic heterocycles. The largest absolute Gasteiger partial charge is 0.319 e. The van der Waals surface area contributed by atoms with Crippen molar-refractivity contribution in [2.75, 3.05) is 5.32 Å². The summed E-state index contributed by atoms with van der Waals surface area (Å²) in [6.07, 6.45) is 4.93. The molecule has 0 fully saturated rings. The van der Waals surface area contributed by atoms with Crippen molar-refractivity contribution in [3.8, 4) is 0 Å². The predicted molar refractivity (Wildman–Crippen MR) is 96.6 cm³/mol. The Morgan fingerprint density at radius 1 is 1.40 bits per heavy atom. The molecule has 0 radical (unpaired) electrons. The fraction of sp³-hybridized carbons (Fsp3) is 0.438. The quantitative estimate of drug-likeness (QED) is 0.316. The summed E-state index contributed by atoms with van der Waals surface area (Å²) in [5.41, 5.74) is 0.0603. The van der Waals surface area contributed by atoms with Crippen molar-refractivity contribution in [1.82, 2.24) is 14.8 Å². The van der Waals surface area contributed by atoms with Crippen LogP contribution < -0.4 is 5.32 Å². The van der Waals surface area contributed by atoms with Gasteiger partial charge in [-0.1, -0.05) is 43.7 Å². The van der Waals surface area contributed by atoms with Gasteiger partial charge in [0.2, 0.25) is 5.91 Å². The number of rotatable bonds is 9. The first-order valence-electron chi connectivity index (χ1n) is 8.11. The highest BCUT2D eigenvalue weighted by Gasteiger charge is 2.21. The van der Waals surface area contributed by atoms with Gasteiger partial charge in [0.15, 0.2) is 5.16 Å². The SMILES string of the molecule is CCCCCn1cnnc1S[C@H](C)C(=O)Nc1ccccc1[N+](=O)[O-]. The topological polar surface area (TPSA) is 103 Å². The minimum atomic E-state index is -0.516. The first-order chi connectivity index (χ1) is 12.0. The van der Waals surface area contributed by atoms with Crippen LogP contribution in [0.15, 0.2) is 35.7 Å². The van der Waals surface area contributed by atoms with Crippen LogP contribution in [0.1, 0.15) is 33.1 Å². The Bertz CT molecular complexity index is 734. The van der Waals surface area contributed by atoms with Gasteiger partial charge in [0.1, 0.15) is 12.0 Å². The monoisotopic (exact) mass is 363 g/mol. The zero-order valence-corrected chi connectivity index (χ0v) is 15.0. The number of nitro benzene ring substituents is 1. The maximum Gasteiger partial charge on any atom is 0.292 e. The fourth-order valence-corrected chi connectivity index (χ4v) is 3.06. The summed E-state index contributed by atoms with van der Waals surface area (Å²) >= 11 is 1.28. The number of unbranched alkanes of at least 4 members (excludes halogenated alkanes) is 2. The van der Waals surface area contributed by atoms with E-state index in [4.69, 9.17) is 0 Å². The number of hydrogen-bond acceptors (Lipinski definition) is 6. The lowest BCUT2D eigenvalue weighted by atomic mass is 10.2. The van der Waals surface area contributed by atoms with Crippen LogP contribution in [0.25, 0.3) is 0 Å². The maximum absolute atomic E-state index is 12.4. The number of amides is 1. The Morgan fingerprint density at radius 2 is 2.16 bits per heavy atom. The van der Waals surface area contributed by atoms with Crippen LogP contribution in [0.4, 0.5) is 11.4 Å². The average molecular weight is 363 g/mol. The Kier molecular flexibility index (Phi) is 6.93. The van der Waals surface area contributed by atoms with Crippen molar-refractivity contribution in [2.24, 2.45) is 0 Å². The normalized spacial score (nSPS) is 11.9. The van der Waals surface area contributed by atoms with E-state index in [1.165, 1.54) is 23.9 Å². The van der Waals surface area contributed by atoms with E-state index in [0.29, 0.717) is 5.16 Å². The molecule has 8 nitrogen and oxygen atoms in total. The van der Waals surface area contributed by atoms with Crippen molar-refractivity contribution >= 4 is 29.0 Å². The van der Waals surface area contributed by atoms with E-state index < -0.39 is 10.2 Å². The molecule has 0 spiro atoms. The molecule has 1 aromatic heterocycles. The third kappa shape index (κ3) is 5.28. The van der Waals surface area contributed by atoms with E-state index in [-0.39, 0.29) is 17.3 Å². The predicted octanol–water partition coefficient (Wildman–Crippen LogP) is 3.50. The molecule has 9 heteroatoms. The molecule has 1 heterocycles. The number of anilines is 1. The number of nitrogens with one attached hydrogen (secondary N) is 1. The first-order valence-corrected chi connectivity index (χ1v) is 8.99. The highest BCUT2D eigenvalue weighted by atomic mass is 32.2. The van der Waals surface area contributed by atoms with Crippen LogP contribution in [0.2, 0.25) is 0 Å². The molecule has 1 N–H and O–H groups in total. The van der Waals surface area contributed by atoms with E-state index in [1.807, 2.05) is 4.57 Å². The maximum atomic E-state index is 12.4. The summed E-state index contributed by atoms with van der Waals surface area (Å²) in [6, 6.07) is 6.08. The van der Waals surface area contributed by atoms with Crippen LogP contribution in [-0.4, -0.2) is 30.8 Å². The molecular weight excluding hydrogens is 342 g/mol. The second-order valence-corrected chi connectivity index (χ2v) is 6.85. The Balaban J connectivity index is 2.00. The average Bonchev–Trinajstić information content (AvgIpc) is 3.02. The molecule has 1 atom stereocenters. The fourth-order valence-electron chi connectivity index (χ4n) is 2.21. The van der Waals surface area contributed by atoms with Gasteiger partial charge in [0.25, 0.3) is 5.69 Å². The molecule has 0 aliphatic carbocycles. The molecule has 2 rings (SSSR count). The Hall–Kier alpha value is -2.42. The summed E-state index contributed by atoms with van der Waals surface area (Å²) < 4.78 is 1.93. The molecule has 0 aliphatic rings. The number of para-hydroxylation sites is 2. The van der Waals surface area contributed by atoms with E-state index in [1.54, 1.807) is 25.4 Å². The standard InChI is InChI=1S/C16H21N5O3S/c1-3-4-7-10-20-11-17-19-16(20)25-12(2)15(22)18-13-8-5-6-9-14(13)21(23)24/h5-6,8-9,11-12H,3-4,7,10H2,1-2H3,(H,18,22)/t12-/m1/s1. The van der Waals surface area contributed by atoms with Crippen LogP contribution in [0.3, 0.4) is 0 Å². The summed E-state index contributed by atoms with van der Waals surface area (Å²) in [6.45, 7) is 4.68. The number of benzene rings is 1. The van der Waals surface area contributed by atoms with Gasteiger partial charge >= 0.3 is 0 Å². The summed E-state index contributed by atoms with van der Waals surface area (Å²) in [5.74, 6) is -0.317. The first kappa shape index (κ1) is 18.9. The number of nitrogens with zero attached hydrogens (tertiary/aromatic N) is 4. The van der Waals surface area contributed by atoms with Gasteiger partial charge in [-0.2, -0.15) is 0 Å². The number of hydrogen-bond donors (Lipinski definition) is 1. The highest BCUT2D eigenvalue weighted by molar-refractivity contribution is 8.00. The van der Waals surface area contributed by atoms with Crippen LogP contribution in [-0.2, 0) is 11.3 Å². The van der Waals surface area contributed by atoms with Crippen molar-refractivity contribution in [3.05, 3.63) is 40.7 Å². The number of carbonyl (C=O) groups excluding carboxylic acids is 1.